The van der Waals surface area contributed by atoms with Crippen LogP contribution in [-0.2, 0) is 4.79 Å². The second-order valence-corrected chi connectivity index (χ2v) is 6.63. The molecule has 0 saturated carbocycles. The number of amides is 1. The molecule has 2 aromatic carbocycles. The number of carbonyl (C=O) groups is 1. The van der Waals surface area contributed by atoms with Crippen LogP contribution < -0.4 is 19.1 Å². The van der Waals surface area contributed by atoms with Crippen LogP contribution in [-0.4, -0.2) is 43.9 Å². The molecule has 1 aliphatic heterocycles. The normalized spacial score (nSPS) is 16.2. The van der Waals surface area contributed by atoms with Crippen LogP contribution in [0.1, 0.15) is 18.2 Å². The summed E-state index contributed by atoms with van der Waals surface area (Å²) in [6.07, 6.45) is 0.322. The SMILES string of the molecule is COc1cccc(N2CC(c3noc(-c4ccc(OC)c(OC)c4)n3)CC2=O)c1. The van der Waals surface area contributed by atoms with Crippen LogP contribution in [0.15, 0.2) is 47.0 Å². The number of benzene rings is 2. The summed E-state index contributed by atoms with van der Waals surface area (Å²) in [6.45, 7) is 0.483. The van der Waals surface area contributed by atoms with Gasteiger partial charge in [0.05, 0.1) is 21.3 Å². The van der Waals surface area contributed by atoms with E-state index in [1.165, 1.54) is 0 Å². The Bertz CT molecular complexity index is 1030. The van der Waals surface area contributed by atoms with E-state index in [4.69, 9.17) is 18.7 Å². The molecule has 0 N–H and O–H groups in total. The van der Waals surface area contributed by atoms with Crippen LogP contribution >= 0.6 is 0 Å². The van der Waals surface area contributed by atoms with Crippen LogP contribution in [0, 0.1) is 0 Å². The quantitative estimate of drug-likeness (QED) is 0.633. The first kappa shape index (κ1) is 18.8. The number of carbonyl (C=O) groups excluding carboxylic acids is 1. The van der Waals surface area contributed by atoms with E-state index in [2.05, 4.69) is 10.1 Å². The van der Waals surface area contributed by atoms with Crippen LogP contribution in [0.3, 0.4) is 0 Å². The maximum Gasteiger partial charge on any atom is 0.258 e. The minimum atomic E-state index is -0.147. The number of nitrogens with zero attached hydrogens (tertiary/aromatic N) is 3. The molecule has 0 radical (unpaired) electrons. The third-order valence-corrected chi connectivity index (χ3v) is 4.93. The molecule has 0 aliphatic carbocycles. The van der Waals surface area contributed by atoms with E-state index in [0.717, 1.165) is 11.3 Å². The second kappa shape index (κ2) is 7.83. The van der Waals surface area contributed by atoms with Crippen LogP contribution in [0.4, 0.5) is 5.69 Å². The smallest absolute Gasteiger partial charge is 0.258 e. The Labute approximate surface area is 168 Å². The maximum absolute atomic E-state index is 12.6. The summed E-state index contributed by atoms with van der Waals surface area (Å²) in [6, 6.07) is 12.8. The fraction of sp³-hybridized carbons (Fsp3) is 0.286. The van der Waals surface area contributed by atoms with E-state index >= 15 is 0 Å². The number of ether oxygens (including phenoxy) is 3. The van der Waals surface area contributed by atoms with Gasteiger partial charge in [0.25, 0.3) is 5.89 Å². The van der Waals surface area contributed by atoms with Gasteiger partial charge < -0.3 is 23.6 Å². The van der Waals surface area contributed by atoms with Crippen molar-refractivity contribution < 1.29 is 23.5 Å². The van der Waals surface area contributed by atoms with E-state index in [1.54, 1.807) is 38.4 Å². The fourth-order valence-corrected chi connectivity index (χ4v) is 3.40. The average Bonchev–Trinajstić information content (AvgIpc) is 3.40. The van der Waals surface area contributed by atoms with E-state index < -0.39 is 0 Å². The van der Waals surface area contributed by atoms with Gasteiger partial charge in [-0.1, -0.05) is 11.2 Å². The van der Waals surface area contributed by atoms with Crippen molar-refractivity contribution in [2.75, 3.05) is 32.8 Å². The molecular weight excluding hydrogens is 374 g/mol. The van der Waals surface area contributed by atoms with E-state index in [0.29, 0.717) is 41.9 Å². The standard InChI is InChI=1S/C21H21N3O5/c1-26-16-6-4-5-15(11-16)24-12-14(10-19(24)25)20-22-21(29-23-20)13-7-8-17(27-2)18(9-13)28-3/h4-9,11,14H,10,12H2,1-3H3. The van der Waals surface area contributed by atoms with E-state index in [1.807, 2.05) is 30.3 Å². The lowest BCUT2D eigenvalue weighted by Gasteiger charge is -2.16. The predicted octanol–water partition coefficient (Wildman–Crippen LogP) is 3.28. The molecule has 1 unspecified atom stereocenters. The van der Waals surface area contributed by atoms with Crippen molar-refractivity contribution in [2.24, 2.45) is 0 Å². The van der Waals surface area contributed by atoms with Crippen molar-refractivity contribution in [3.8, 4) is 28.7 Å². The summed E-state index contributed by atoms with van der Waals surface area (Å²) in [4.78, 5) is 18.8. The lowest BCUT2D eigenvalue weighted by molar-refractivity contribution is -0.117. The lowest BCUT2D eigenvalue weighted by Crippen LogP contribution is -2.24. The Morgan fingerprint density at radius 2 is 1.86 bits per heavy atom. The largest absolute Gasteiger partial charge is 0.497 e. The molecule has 0 spiro atoms. The number of methoxy groups -OCH3 is 3. The van der Waals surface area contributed by atoms with Gasteiger partial charge in [-0.15, -0.1) is 0 Å². The van der Waals surface area contributed by atoms with Gasteiger partial charge in [0.15, 0.2) is 17.3 Å². The highest BCUT2D eigenvalue weighted by Gasteiger charge is 2.34. The molecule has 1 saturated heterocycles. The summed E-state index contributed by atoms with van der Waals surface area (Å²) in [5.41, 5.74) is 1.51. The zero-order valence-corrected chi connectivity index (χ0v) is 16.4. The highest BCUT2D eigenvalue weighted by Crippen LogP contribution is 2.35. The highest BCUT2D eigenvalue weighted by molar-refractivity contribution is 5.96. The maximum atomic E-state index is 12.6. The third kappa shape index (κ3) is 3.61. The van der Waals surface area contributed by atoms with Gasteiger partial charge in [-0.05, 0) is 30.3 Å². The summed E-state index contributed by atoms with van der Waals surface area (Å²) >= 11 is 0. The first-order valence-corrected chi connectivity index (χ1v) is 9.13. The van der Waals surface area contributed by atoms with E-state index in [-0.39, 0.29) is 11.8 Å². The summed E-state index contributed by atoms with van der Waals surface area (Å²) < 4.78 is 21.3. The number of hydrogen-bond acceptors (Lipinski definition) is 7. The van der Waals surface area contributed by atoms with Crippen molar-refractivity contribution in [1.29, 1.82) is 0 Å². The summed E-state index contributed by atoms with van der Waals surface area (Å²) in [7, 11) is 4.74. The molecule has 0 bridgehead atoms. The molecule has 1 amide bonds. The molecule has 2 heterocycles. The van der Waals surface area contributed by atoms with Crippen molar-refractivity contribution in [2.45, 2.75) is 12.3 Å². The molecule has 150 valence electrons. The molecule has 3 aromatic rings. The first-order valence-electron chi connectivity index (χ1n) is 9.13. The van der Waals surface area contributed by atoms with Gasteiger partial charge in [0.2, 0.25) is 5.91 Å². The molecule has 1 aromatic heterocycles. The first-order chi connectivity index (χ1) is 14.1. The molecular formula is C21H21N3O5. The molecule has 1 fully saturated rings. The lowest BCUT2D eigenvalue weighted by atomic mass is 10.1. The third-order valence-electron chi connectivity index (χ3n) is 4.93. The zero-order chi connectivity index (χ0) is 20.4. The van der Waals surface area contributed by atoms with Gasteiger partial charge >= 0.3 is 0 Å². The Balaban J connectivity index is 1.55. The Hall–Kier alpha value is -3.55. The van der Waals surface area contributed by atoms with Crippen LogP contribution in [0.2, 0.25) is 0 Å². The minimum absolute atomic E-state index is 0.0146. The van der Waals surface area contributed by atoms with Crippen LogP contribution in [0.5, 0.6) is 17.2 Å². The second-order valence-electron chi connectivity index (χ2n) is 6.63. The number of rotatable bonds is 6. The van der Waals surface area contributed by atoms with Crippen molar-refractivity contribution >= 4 is 11.6 Å². The predicted molar refractivity (Wildman–Crippen MR) is 106 cm³/mol. The summed E-state index contributed by atoms with van der Waals surface area (Å²) in [5, 5.41) is 4.11. The van der Waals surface area contributed by atoms with Gasteiger partial charge in [0.1, 0.15) is 5.75 Å². The molecule has 4 rings (SSSR count). The number of hydrogen-bond donors (Lipinski definition) is 0. The van der Waals surface area contributed by atoms with Gasteiger partial charge in [-0.25, -0.2) is 0 Å². The molecule has 29 heavy (non-hydrogen) atoms. The van der Waals surface area contributed by atoms with Gasteiger partial charge in [0, 0.05) is 36.2 Å². The molecule has 8 heteroatoms. The average molecular weight is 395 g/mol. The Kier molecular flexibility index (Phi) is 5.07. The Morgan fingerprint density at radius 1 is 1.03 bits per heavy atom. The Morgan fingerprint density at radius 3 is 2.62 bits per heavy atom. The number of aromatic nitrogens is 2. The van der Waals surface area contributed by atoms with Crippen LogP contribution in [0.25, 0.3) is 11.5 Å². The van der Waals surface area contributed by atoms with Crippen molar-refractivity contribution in [3.63, 3.8) is 0 Å². The monoisotopic (exact) mass is 395 g/mol. The molecule has 1 atom stereocenters. The summed E-state index contributed by atoms with van der Waals surface area (Å²) in [5.74, 6) is 2.64. The molecule has 8 nitrogen and oxygen atoms in total. The zero-order valence-electron chi connectivity index (χ0n) is 16.4. The van der Waals surface area contributed by atoms with Gasteiger partial charge in [-0.2, -0.15) is 4.98 Å². The number of anilines is 1. The topological polar surface area (TPSA) is 86.9 Å². The van der Waals surface area contributed by atoms with Crippen molar-refractivity contribution in [3.05, 3.63) is 48.3 Å². The van der Waals surface area contributed by atoms with Crippen molar-refractivity contribution in [1.82, 2.24) is 10.1 Å². The highest BCUT2D eigenvalue weighted by atomic mass is 16.5. The minimum Gasteiger partial charge on any atom is -0.497 e. The van der Waals surface area contributed by atoms with Gasteiger partial charge in [-0.3, -0.25) is 4.79 Å². The fourth-order valence-electron chi connectivity index (χ4n) is 3.40. The molecule has 1 aliphatic rings. The van der Waals surface area contributed by atoms with E-state index in [9.17, 15) is 4.79 Å².